The summed E-state index contributed by atoms with van der Waals surface area (Å²) in [6.45, 7) is 3.46. The number of aryl methyl sites for hydroxylation is 1. The van der Waals surface area contributed by atoms with E-state index in [9.17, 15) is 4.79 Å². The summed E-state index contributed by atoms with van der Waals surface area (Å²) in [6.07, 6.45) is 3.13. The lowest BCUT2D eigenvalue weighted by Crippen LogP contribution is -2.26. The Morgan fingerprint density at radius 3 is 3.07 bits per heavy atom. The Balaban J connectivity index is 1.67. The van der Waals surface area contributed by atoms with Crippen LogP contribution in [0.5, 0.6) is 0 Å². The molecule has 82 valence electrons. The fraction of sp³-hybridized carbons (Fsp3) is 0.636. The van der Waals surface area contributed by atoms with E-state index in [1.54, 1.807) is 11.3 Å². The maximum absolute atomic E-state index is 11.5. The molecule has 0 unspecified atom stereocenters. The van der Waals surface area contributed by atoms with E-state index in [1.165, 1.54) is 12.8 Å². The maximum atomic E-state index is 11.5. The number of nitrogens with one attached hydrogen (secondary N) is 1. The van der Waals surface area contributed by atoms with Gasteiger partial charge in [-0.05, 0) is 32.2 Å². The van der Waals surface area contributed by atoms with E-state index in [-0.39, 0.29) is 5.78 Å². The molecule has 1 N–H and O–H groups in total. The summed E-state index contributed by atoms with van der Waals surface area (Å²) in [6, 6.07) is 0. The minimum atomic E-state index is 0.237. The van der Waals surface area contributed by atoms with Crippen molar-refractivity contribution in [2.24, 2.45) is 5.92 Å². The van der Waals surface area contributed by atoms with Crippen molar-refractivity contribution in [3.8, 4) is 0 Å². The van der Waals surface area contributed by atoms with E-state index in [4.69, 9.17) is 0 Å². The van der Waals surface area contributed by atoms with Crippen molar-refractivity contribution in [1.82, 2.24) is 10.3 Å². The van der Waals surface area contributed by atoms with Crippen LogP contribution in [0.4, 0.5) is 0 Å². The molecule has 0 atom stereocenters. The molecule has 2 rings (SSSR count). The van der Waals surface area contributed by atoms with Crippen LogP contribution in [0.2, 0.25) is 0 Å². The van der Waals surface area contributed by atoms with Crippen molar-refractivity contribution in [2.75, 3.05) is 13.1 Å². The van der Waals surface area contributed by atoms with Gasteiger partial charge in [-0.15, -0.1) is 11.3 Å². The molecule has 0 amide bonds. The van der Waals surface area contributed by atoms with Crippen LogP contribution in [0, 0.1) is 12.8 Å². The van der Waals surface area contributed by atoms with Gasteiger partial charge in [0.25, 0.3) is 0 Å². The Morgan fingerprint density at radius 2 is 2.47 bits per heavy atom. The molecule has 0 aromatic carbocycles. The highest BCUT2D eigenvalue weighted by atomic mass is 32.1. The quantitative estimate of drug-likeness (QED) is 0.797. The molecule has 1 fully saturated rings. The summed E-state index contributed by atoms with van der Waals surface area (Å²) in [5.74, 6) is 1.07. The van der Waals surface area contributed by atoms with Crippen LogP contribution in [0.15, 0.2) is 5.38 Å². The Bertz CT molecular complexity index is 344. The average molecular weight is 224 g/mol. The molecule has 1 heterocycles. The molecule has 0 radical (unpaired) electrons. The van der Waals surface area contributed by atoms with Gasteiger partial charge >= 0.3 is 0 Å². The fourth-order valence-corrected chi connectivity index (χ4v) is 2.10. The number of rotatable bonds is 6. The first-order chi connectivity index (χ1) is 7.24. The van der Waals surface area contributed by atoms with Crippen molar-refractivity contribution < 1.29 is 4.79 Å². The van der Waals surface area contributed by atoms with Gasteiger partial charge in [0.1, 0.15) is 0 Å². The highest BCUT2D eigenvalue weighted by Gasteiger charge is 2.20. The highest BCUT2D eigenvalue weighted by molar-refractivity contribution is 7.09. The highest BCUT2D eigenvalue weighted by Crippen LogP contribution is 2.27. The van der Waals surface area contributed by atoms with Crippen LogP contribution in [0.3, 0.4) is 0 Å². The van der Waals surface area contributed by atoms with Gasteiger partial charge in [-0.25, -0.2) is 4.98 Å². The molecule has 3 nitrogen and oxygen atoms in total. The average Bonchev–Trinajstić information content (AvgIpc) is 2.91. The lowest BCUT2D eigenvalue weighted by atomic mass is 10.2. The second-order valence-electron chi connectivity index (χ2n) is 4.15. The number of aromatic nitrogens is 1. The number of hydrogen-bond donors (Lipinski definition) is 1. The second-order valence-corrected chi connectivity index (χ2v) is 5.21. The molecular weight excluding hydrogens is 208 g/mol. The summed E-state index contributed by atoms with van der Waals surface area (Å²) in [5, 5.41) is 6.20. The van der Waals surface area contributed by atoms with E-state index in [0.29, 0.717) is 13.0 Å². The molecule has 0 saturated heterocycles. The minimum absolute atomic E-state index is 0.237. The largest absolute Gasteiger partial charge is 0.310 e. The van der Waals surface area contributed by atoms with Gasteiger partial charge < -0.3 is 5.32 Å². The number of nitrogens with zero attached hydrogens (tertiary/aromatic N) is 1. The zero-order valence-corrected chi connectivity index (χ0v) is 9.77. The second kappa shape index (κ2) is 4.86. The molecule has 0 aliphatic heterocycles. The molecule has 1 aromatic rings. The lowest BCUT2D eigenvalue weighted by molar-refractivity contribution is -0.117. The summed E-state index contributed by atoms with van der Waals surface area (Å²) < 4.78 is 0. The summed E-state index contributed by atoms with van der Waals surface area (Å²) >= 11 is 1.60. The monoisotopic (exact) mass is 224 g/mol. The van der Waals surface area contributed by atoms with E-state index in [0.717, 1.165) is 23.2 Å². The van der Waals surface area contributed by atoms with Gasteiger partial charge in [-0.1, -0.05) is 0 Å². The van der Waals surface area contributed by atoms with Crippen molar-refractivity contribution in [1.29, 1.82) is 0 Å². The van der Waals surface area contributed by atoms with Crippen LogP contribution in [0.1, 0.15) is 23.5 Å². The molecule has 4 heteroatoms. The smallest absolute Gasteiger partial charge is 0.152 e. The number of thiazole rings is 1. The third kappa shape index (κ3) is 3.72. The number of Topliss-reactive ketones (excluding diaryl/α,β-unsaturated/α-hetero) is 1. The third-order valence-corrected chi connectivity index (χ3v) is 3.32. The predicted octanol–water partition coefficient (Wildman–Crippen LogP) is 1.56. The van der Waals surface area contributed by atoms with Crippen LogP contribution in [-0.2, 0) is 11.2 Å². The summed E-state index contributed by atoms with van der Waals surface area (Å²) in [4.78, 5) is 15.8. The van der Waals surface area contributed by atoms with E-state index in [2.05, 4.69) is 10.3 Å². The van der Waals surface area contributed by atoms with Crippen LogP contribution >= 0.6 is 11.3 Å². The molecule has 0 spiro atoms. The molecular formula is C11H16N2OS. The van der Waals surface area contributed by atoms with Gasteiger partial charge in [0.15, 0.2) is 5.78 Å². The van der Waals surface area contributed by atoms with Crippen molar-refractivity contribution >= 4 is 17.1 Å². The van der Waals surface area contributed by atoms with Crippen molar-refractivity contribution in [3.05, 3.63) is 16.1 Å². The zero-order chi connectivity index (χ0) is 10.7. The fourth-order valence-electron chi connectivity index (χ4n) is 1.49. The Hall–Kier alpha value is -0.740. The zero-order valence-electron chi connectivity index (χ0n) is 8.95. The molecule has 0 bridgehead atoms. The maximum Gasteiger partial charge on any atom is 0.152 e. The van der Waals surface area contributed by atoms with E-state index >= 15 is 0 Å². The van der Waals surface area contributed by atoms with E-state index < -0.39 is 0 Å². The first-order valence-electron chi connectivity index (χ1n) is 5.37. The first-order valence-corrected chi connectivity index (χ1v) is 6.25. The van der Waals surface area contributed by atoms with Crippen LogP contribution < -0.4 is 5.32 Å². The summed E-state index contributed by atoms with van der Waals surface area (Å²) in [5.41, 5.74) is 0.913. The van der Waals surface area contributed by atoms with Gasteiger partial charge in [0, 0.05) is 5.38 Å². The molecule has 15 heavy (non-hydrogen) atoms. The minimum Gasteiger partial charge on any atom is -0.310 e. The van der Waals surface area contributed by atoms with Gasteiger partial charge in [0.05, 0.1) is 23.7 Å². The van der Waals surface area contributed by atoms with Gasteiger partial charge in [0.2, 0.25) is 0 Å². The lowest BCUT2D eigenvalue weighted by Gasteiger charge is -2.01. The molecule has 1 aromatic heterocycles. The SMILES string of the molecule is Cc1nc(CC(=O)CNCC2CC2)cs1. The number of carbonyl (C=O) groups excluding carboxylic acids is 1. The summed E-state index contributed by atoms with van der Waals surface area (Å²) in [7, 11) is 0. The van der Waals surface area contributed by atoms with Crippen molar-refractivity contribution in [2.45, 2.75) is 26.2 Å². The third-order valence-electron chi connectivity index (χ3n) is 2.50. The van der Waals surface area contributed by atoms with Crippen LogP contribution in [-0.4, -0.2) is 23.9 Å². The Labute approximate surface area is 93.9 Å². The Morgan fingerprint density at radius 1 is 1.67 bits per heavy atom. The number of ketones is 1. The van der Waals surface area contributed by atoms with Crippen LogP contribution in [0.25, 0.3) is 0 Å². The first kappa shape index (κ1) is 10.8. The standard InChI is InChI=1S/C11H16N2OS/c1-8-13-10(7-15-8)4-11(14)6-12-5-9-2-3-9/h7,9,12H,2-6H2,1H3. The molecule has 1 saturated carbocycles. The van der Waals surface area contributed by atoms with Gasteiger partial charge in [-0.3, -0.25) is 4.79 Å². The van der Waals surface area contributed by atoms with Crippen molar-refractivity contribution in [3.63, 3.8) is 0 Å². The normalized spacial score (nSPS) is 15.5. The predicted molar refractivity (Wildman–Crippen MR) is 61.2 cm³/mol. The Kier molecular flexibility index (Phi) is 3.49. The van der Waals surface area contributed by atoms with Gasteiger partial charge in [-0.2, -0.15) is 0 Å². The molecule has 1 aliphatic carbocycles. The molecule has 1 aliphatic rings. The number of carbonyl (C=O) groups is 1. The van der Waals surface area contributed by atoms with E-state index in [1.807, 2.05) is 12.3 Å². The number of hydrogen-bond acceptors (Lipinski definition) is 4. The topological polar surface area (TPSA) is 42.0 Å².